The quantitative estimate of drug-likeness (QED) is 0.167. The van der Waals surface area contributed by atoms with Gasteiger partial charge < -0.3 is 20.7 Å². The van der Waals surface area contributed by atoms with E-state index < -0.39 is 0 Å². The summed E-state index contributed by atoms with van der Waals surface area (Å²) in [6.07, 6.45) is 1.27. The summed E-state index contributed by atoms with van der Waals surface area (Å²) in [6, 6.07) is 6.51. The van der Waals surface area contributed by atoms with Gasteiger partial charge >= 0.3 is 0 Å². The van der Waals surface area contributed by atoms with Gasteiger partial charge in [0.2, 0.25) is 5.91 Å². The predicted octanol–water partition coefficient (Wildman–Crippen LogP) is 2.40. The fourth-order valence-corrected chi connectivity index (χ4v) is 3.64. The van der Waals surface area contributed by atoms with Crippen LogP contribution in [0.25, 0.3) is 0 Å². The minimum absolute atomic E-state index is 0. The molecule has 1 aromatic rings. The minimum atomic E-state index is -0.327. The fourth-order valence-electron chi connectivity index (χ4n) is 3.64. The van der Waals surface area contributed by atoms with Crippen molar-refractivity contribution in [1.82, 2.24) is 20.9 Å². The topological polar surface area (TPSA) is 78.0 Å². The summed E-state index contributed by atoms with van der Waals surface area (Å²) in [5.41, 5.74) is 0.666. The molecular weight excluding hydrogens is 524 g/mol. The number of carbonyl (C=O) groups excluding carboxylic acids is 1. The second kappa shape index (κ2) is 16.2. The Morgan fingerprint density at radius 1 is 1.19 bits per heavy atom. The van der Waals surface area contributed by atoms with E-state index in [0.29, 0.717) is 30.6 Å². The SMILES string of the molecule is CCNC(=NCC(CC(C)C)N1CCOCC1)NCCNC(=O)Cc1cccc(F)c1.I. The number of carbonyl (C=O) groups is 1. The van der Waals surface area contributed by atoms with Crippen molar-refractivity contribution in [3.05, 3.63) is 35.6 Å². The molecule has 1 atom stereocenters. The molecule has 1 aliphatic heterocycles. The number of aliphatic imine (C=N–C) groups is 1. The van der Waals surface area contributed by atoms with Gasteiger partial charge in [0.05, 0.1) is 26.2 Å². The van der Waals surface area contributed by atoms with E-state index in [1.807, 2.05) is 6.92 Å². The molecule has 32 heavy (non-hydrogen) atoms. The minimum Gasteiger partial charge on any atom is -0.379 e. The van der Waals surface area contributed by atoms with Gasteiger partial charge in [0.15, 0.2) is 5.96 Å². The molecule has 0 spiro atoms. The molecule has 1 heterocycles. The third-order valence-corrected chi connectivity index (χ3v) is 5.10. The Kier molecular flexibility index (Phi) is 14.5. The maximum absolute atomic E-state index is 13.2. The standard InChI is InChI=1S/C23H38FN5O2.HI/c1-4-25-23(28-17-21(14-18(2)3)29-10-12-31-13-11-29)27-9-8-26-22(30)16-19-6-5-7-20(24)15-19;/h5-7,15,18,21H,4,8-14,16-17H2,1-3H3,(H,26,30)(H2,25,27,28);1H. The molecule has 1 fully saturated rings. The molecule has 0 saturated carbocycles. The molecule has 1 amide bonds. The van der Waals surface area contributed by atoms with Crippen molar-refractivity contribution in [2.24, 2.45) is 10.9 Å². The largest absolute Gasteiger partial charge is 0.379 e. The van der Waals surface area contributed by atoms with Gasteiger partial charge in [-0.25, -0.2) is 4.39 Å². The highest BCUT2D eigenvalue weighted by atomic mass is 127. The second-order valence-electron chi connectivity index (χ2n) is 8.23. The summed E-state index contributed by atoms with van der Waals surface area (Å²) in [4.78, 5) is 19.3. The van der Waals surface area contributed by atoms with Crippen molar-refractivity contribution >= 4 is 35.8 Å². The first-order valence-corrected chi connectivity index (χ1v) is 11.3. The Balaban J connectivity index is 0.00000512. The number of guanidine groups is 1. The van der Waals surface area contributed by atoms with Crippen LogP contribution in [0.4, 0.5) is 4.39 Å². The van der Waals surface area contributed by atoms with Crippen molar-refractivity contribution in [3.63, 3.8) is 0 Å². The van der Waals surface area contributed by atoms with E-state index in [-0.39, 0.29) is 42.1 Å². The third-order valence-electron chi connectivity index (χ3n) is 5.10. The van der Waals surface area contributed by atoms with Crippen molar-refractivity contribution < 1.29 is 13.9 Å². The number of hydrogen-bond donors (Lipinski definition) is 3. The molecule has 0 aliphatic carbocycles. The van der Waals surface area contributed by atoms with E-state index >= 15 is 0 Å². The van der Waals surface area contributed by atoms with Crippen molar-refractivity contribution in [2.75, 3.05) is 52.5 Å². The van der Waals surface area contributed by atoms with Gasteiger partial charge in [-0.3, -0.25) is 14.7 Å². The fraction of sp³-hybridized carbons (Fsp3) is 0.652. The Morgan fingerprint density at radius 2 is 1.91 bits per heavy atom. The zero-order valence-corrected chi connectivity index (χ0v) is 21.9. The molecule has 7 nitrogen and oxygen atoms in total. The summed E-state index contributed by atoms with van der Waals surface area (Å²) in [7, 11) is 0. The lowest BCUT2D eigenvalue weighted by Crippen LogP contribution is -2.47. The average molecular weight is 564 g/mol. The van der Waals surface area contributed by atoms with Crippen LogP contribution in [-0.2, 0) is 16.0 Å². The van der Waals surface area contributed by atoms with Crippen molar-refractivity contribution in [3.8, 4) is 0 Å². The lowest BCUT2D eigenvalue weighted by molar-refractivity contribution is -0.120. The maximum Gasteiger partial charge on any atom is 0.224 e. The van der Waals surface area contributed by atoms with E-state index in [9.17, 15) is 9.18 Å². The molecule has 9 heteroatoms. The molecule has 1 unspecified atom stereocenters. The zero-order valence-electron chi connectivity index (χ0n) is 19.5. The summed E-state index contributed by atoms with van der Waals surface area (Å²) in [5, 5.41) is 9.41. The second-order valence-corrected chi connectivity index (χ2v) is 8.23. The number of morpholine rings is 1. The molecule has 0 radical (unpaired) electrons. The number of benzene rings is 1. The molecule has 182 valence electrons. The van der Waals surface area contributed by atoms with Crippen LogP contribution in [0.15, 0.2) is 29.3 Å². The van der Waals surface area contributed by atoms with Crippen LogP contribution in [0, 0.1) is 11.7 Å². The van der Waals surface area contributed by atoms with Crippen LogP contribution in [0.2, 0.25) is 0 Å². The van der Waals surface area contributed by atoms with Crippen LogP contribution in [-0.4, -0.2) is 75.3 Å². The van der Waals surface area contributed by atoms with E-state index in [4.69, 9.17) is 9.73 Å². The third kappa shape index (κ3) is 11.4. The van der Waals surface area contributed by atoms with E-state index in [2.05, 4.69) is 34.7 Å². The van der Waals surface area contributed by atoms with Gasteiger partial charge in [-0.05, 0) is 37.0 Å². The summed E-state index contributed by atoms with van der Waals surface area (Å²) >= 11 is 0. The molecule has 2 rings (SSSR count). The number of nitrogens with one attached hydrogen (secondary N) is 3. The summed E-state index contributed by atoms with van der Waals surface area (Å²) < 4.78 is 18.7. The monoisotopic (exact) mass is 563 g/mol. The molecule has 0 bridgehead atoms. The molecule has 3 N–H and O–H groups in total. The molecule has 0 aromatic heterocycles. The van der Waals surface area contributed by atoms with Gasteiger partial charge in [-0.1, -0.05) is 26.0 Å². The normalized spacial score (nSPS) is 15.7. The van der Waals surface area contributed by atoms with Crippen LogP contribution < -0.4 is 16.0 Å². The maximum atomic E-state index is 13.2. The number of amides is 1. The highest BCUT2D eigenvalue weighted by molar-refractivity contribution is 14.0. The van der Waals surface area contributed by atoms with Gasteiger partial charge in [0.1, 0.15) is 5.82 Å². The average Bonchev–Trinajstić information content (AvgIpc) is 2.74. The van der Waals surface area contributed by atoms with Crippen LogP contribution >= 0.6 is 24.0 Å². The van der Waals surface area contributed by atoms with Crippen molar-refractivity contribution in [1.29, 1.82) is 0 Å². The van der Waals surface area contributed by atoms with E-state index in [1.54, 1.807) is 12.1 Å². The molecule has 1 aliphatic rings. The van der Waals surface area contributed by atoms with Gasteiger partial charge in [-0.2, -0.15) is 0 Å². The molecule has 1 aromatic carbocycles. The Bertz CT molecular complexity index is 699. The Labute approximate surface area is 209 Å². The van der Waals surface area contributed by atoms with E-state index in [1.165, 1.54) is 12.1 Å². The summed E-state index contributed by atoms with van der Waals surface area (Å²) in [5.74, 6) is 0.903. The van der Waals surface area contributed by atoms with Crippen molar-refractivity contribution in [2.45, 2.75) is 39.7 Å². The van der Waals surface area contributed by atoms with Crippen LogP contribution in [0.1, 0.15) is 32.8 Å². The number of ether oxygens (including phenoxy) is 1. The summed E-state index contributed by atoms with van der Waals surface area (Å²) in [6.45, 7) is 12.5. The van der Waals surface area contributed by atoms with Gasteiger partial charge in [-0.15, -0.1) is 24.0 Å². The molecule has 1 saturated heterocycles. The molecular formula is C23H39FIN5O2. The predicted molar refractivity (Wildman–Crippen MR) is 138 cm³/mol. The zero-order chi connectivity index (χ0) is 22.5. The smallest absolute Gasteiger partial charge is 0.224 e. The first-order chi connectivity index (χ1) is 15.0. The van der Waals surface area contributed by atoms with Gasteiger partial charge in [0, 0.05) is 38.8 Å². The lowest BCUT2D eigenvalue weighted by atomic mass is 10.0. The first-order valence-electron chi connectivity index (χ1n) is 11.3. The Hall–Kier alpha value is -1.46. The number of nitrogens with zero attached hydrogens (tertiary/aromatic N) is 2. The van der Waals surface area contributed by atoms with Crippen LogP contribution in [0.3, 0.4) is 0 Å². The number of hydrogen-bond acceptors (Lipinski definition) is 4. The Morgan fingerprint density at radius 3 is 2.56 bits per heavy atom. The van der Waals surface area contributed by atoms with Gasteiger partial charge in [0.25, 0.3) is 0 Å². The van der Waals surface area contributed by atoms with Crippen LogP contribution in [0.5, 0.6) is 0 Å². The lowest BCUT2D eigenvalue weighted by Gasteiger charge is -2.34. The highest BCUT2D eigenvalue weighted by Crippen LogP contribution is 2.14. The highest BCUT2D eigenvalue weighted by Gasteiger charge is 2.21. The van der Waals surface area contributed by atoms with E-state index in [0.717, 1.165) is 51.8 Å². The number of halogens is 2. The first kappa shape index (κ1) is 28.6. The number of rotatable bonds is 11.